The summed E-state index contributed by atoms with van der Waals surface area (Å²) in [6.45, 7) is 0.140. The molecule has 204 valence electrons. The normalized spacial score (nSPS) is 13.8. The Bertz CT molecular complexity index is 836. The number of thiol groups is 1. The van der Waals surface area contributed by atoms with Crippen LogP contribution in [0.15, 0.2) is 4.99 Å². The third kappa shape index (κ3) is 14.0. The van der Waals surface area contributed by atoms with Crippen molar-refractivity contribution in [3.8, 4) is 0 Å². The van der Waals surface area contributed by atoms with Crippen molar-refractivity contribution < 1.29 is 39.0 Å². The van der Waals surface area contributed by atoms with Crippen LogP contribution in [0.4, 0.5) is 0 Å². The Morgan fingerprint density at radius 3 is 1.83 bits per heavy atom. The first-order valence-corrected chi connectivity index (χ1v) is 11.5. The number of carboxylic acids is 2. The molecule has 4 amide bonds. The number of nitrogens with two attached hydrogens (primary N) is 4. The van der Waals surface area contributed by atoms with Gasteiger partial charge in [-0.2, -0.15) is 12.6 Å². The Labute approximate surface area is 212 Å². The predicted octanol–water partition coefficient (Wildman–Crippen LogP) is -4.03. The number of carbonyl (C=O) groups excluding carboxylic acids is 4. The second-order valence-electron chi connectivity index (χ2n) is 7.70. The highest BCUT2D eigenvalue weighted by Crippen LogP contribution is 2.04. The van der Waals surface area contributed by atoms with Crippen LogP contribution in [0.25, 0.3) is 0 Å². The molecule has 0 aromatic heterocycles. The molecule has 13 N–H and O–H groups in total. The molecule has 0 aliphatic rings. The standard InChI is InChI=1S/C19H34N8O8S/c20-9(3-5-13(21)28)15(31)25-10(4-6-14(29)30)16(32)27-12(8-36)17(33)26-11(18(34)35)2-1-7-24-19(22)23/h9-12,36H,1-8,20H2,(H2,21,28)(H,25,31)(H,26,33)(H,27,32)(H,29,30)(H,34,35)(H4,22,23,24). The number of aliphatic carboxylic acids is 2. The fourth-order valence-electron chi connectivity index (χ4n) is 2.74. The number of amides is 4. The zero-order valence-corrected chi connectivity index (χ0v) is 20.4. The van der Waals surface area contributed by atoms with Gasteiger partial charge in [0.2, 0.25) is 23.6 Å². The van der Waals surface area contributed by atoms with Crippen molar-refractivity contribution in [3.63, 3.8) is 0 Å². The summed E-state index contributed by atoms with van der Waals surface area (Å²) in [4.78, 5) is 74.7. The van der Waals surface area contributed by atoms with Crippen molar-refractivity contribution in [2.75, 3.05) is 12.3 Å². The summed E-state index contributed by atoms with van der Waals surface area (Å²) < 4.78 is 0. The van der Waals surface area contributed by atoms with Crippen molar-refractivity contribution in [2.45, 2.75) is 62.7 Å². The van der Waals surface area contributed by atoms with E-state index >= 15 is 0 Å². The Morgan fingerprint density at radius 2 is 1.33 bits per heavy atom. The summed E-state index contributed by atoms with van der Waals surface area (Å²) in [5.74, 6) is -6.27. The molecule has 0 aliphatic carbocycles. The Morgan fingerprint density at radius 1 is 0.778 bits per heavy atom. The van der Waals surface area contributed by atoms with E-state index < -0.39 is 66.2 Å². The van der Waals surface area contributed by atoms with Gasteiger partial charge in [-0.3, -0.25) is 29.0 Å². The summed E-state index contributed by atoms with van der Waals surface area (Å²) in [5, 5.41) is 25.2. The largest absolute Gasteiger partial charge is 0.481 e. The number of primary amides is 1. The van der Waals surface area contributed by atoms with Gasteiger partial charge in [-0.25, -0.2) is 4.79 Å². The molecule has 0 rings (SSSR count). The maximum absolute atomic E-state index is 12.7. The van der Waals surface area contributed by atoms with Gasteiger partial charge in [0, 0.05) is 25.1 Å². The SMILES string of the molecule is NC(=O)CCC(N)C(=O)NC(CCC(=O)O)C(=O)NC(CS)C(=O)NC(CCCN=C(N)N)C(=O)O. The highest BCUT2D eigenvalue weighted by atomic mass is 32.1. The molecule has 0 spiro atoms. The first-order chi connectivity index (χ1) is 16.8. The van der Waals surface area contributed by atoms with Gasteiger partial charge >= 0.3 is 11.9 Å². The minimum Gasteiger partial charge on any atom is -0.481 e. The predicted molar refractivity (Wildman–Crippen MR) is 130 cm³/mol. The van der Waals surface area contributed by atoms with Crippen molar-refractivity contribution in [1.29, 1.82) is 0 Å². The van der Waals surface area contributed by atoms with Crippen molar-refractivity contribution in [2.24, 2.45) is 27.9 Å². The highest BCUT2D eigenvalue weighted by Gasteiger charge is 2.30. The first kappa shape index (κ1) is 32.4. The van der Waals surface area contributed by atoms with Crippen LogP contribution in [0.1, 0.15) is 38.5 Å². The molecule has 4 atom stereocenters. The molecular weight excluding hydrogens is 500 g/mol. The van der Waals surface area contributed by atoms with Gasteiger partial charge in [0.05, 0.1) is 6.04 Å². The molecule has 0 aromatic carbocycles. The molecular formula is C19H34N8O8S. The van der Waals surface area contributed by atoms with Crippen LogP contribution in [-0.2, 0) is 28.8 Å². The number of rotatable bonds is 18. The average Bonchev–Trinajstić information content (AvgIpc) is 2.79. The van der Waals surface area contributed by atoms with Crippen LogP contribution in [0, 0.1) is 0 Å². The minimum absolute atomic E-state index is 0.00836. The highest BCUT2D eigenvalue weighted by molar-refractivity contribution is 7.80. The zero-order chi connectivity index (χ0) is 27.8. The van der Waals surface area contributed by atoms with Crippen LogP contribution >= 0.6 is 12.6 Å². The van der Waals surface area contributed by atoms with E-state index in [0.29, 0.717) is 0 Å². The molecule has 0 aliphatic heterocycles. The zero-order valence-electron chi connectivity index (χ0n) is 19.5. The number of hydrogen-bond acceptors (Lipinski definition) is 9. The Hall–Kier alpha value is -3.60. The fraction of sp³-hybridized carbons (Fsp3) is 0.632. The summed E-state index contributed by atoms with van der Waals surface area (Å²) in [6, 6.07) is -5.21. The van der Waals surface area contributed by atoms with Crippen LogP contribution in [-0.4, -0.2) is 88.2 Å². The number of nitrogens with one attached hydrogen (secondary N) is 3. The number of guanidine groups is 1. The van der Waals surface area contributed by atoms with Gasteiger partial charge in [-0.05, 0) is 25.7 Å². The molecule has 0 fully saturated rings. The molecule has 16 nitrogen and oxygen atoms in total. The van der Waals surface area contributed by atoms with Crippen molar-refractivity contribution in [1.82, 2.24) is 16.0 Å². The number of carbonyl (C=O) groups is 6. The summed E-state index contributed by atoms with van der Waals surface area (Å²) in [6.07, 6.45) is -0.880. The maximum atomic E-state index is 12.7. The Balaban J connectivity index is 5.26. The van der Waals surface area contributed by atoms with Crippen molar-refractivity contribution >= 4 is 54.2 Å². The van der Waals surface area contributed by atoms with Gasteiger partial charge < -0.3 is 49.1 Å². The summed E-state index contributed by atoms with van der Waals surface area (Å²) in [5.41, 5.74) is 21.1. The molecule has 17 heteroatoms. The summed E-state index contributed by atoms with van der Waals surface area (Å²) in [7, 11) is 0. The topological polar surface area (TPSA) is 295 Å². The Kier molecular flexibility index (Phi) is 15.2. The van der Waals surface area contributed by atoms with Crippen LogP contribution in [0.5, 0.6) is 0 Å². The van der Waals surface area contributed by atoms with E-state index in [4.69, 9.17) is 28.0 Å². The van der Waals surface area contributed by atoms with Crippen LogP contribution in [0.3, 0.4) is 0 Å². The quantitative estimate of drug-likeness (QED) is 0.0349. The van der Waals surface area contributed by atoms with Gasteiger partial charge in [0.1, 0.15) is 18.1 Å². The van der Waals surface area contributed by atoms with E-state index in [0.717, 1.165) is 0 Å². The molecule has 0 heterocycles. The average molecular weight is 535 g/mol. The lowest BCUT2D eigenvalue weighted by atomic mass is 10.1. The second kappa shape index (κ2) is 16.9. The lowest BCUT2D eigenvalue weighted by molar-refractivity contribution is -0.142. The molecule has 36 heavy (non-hydrogen) atoms. The van der Waals surface area contributed by atoms with E-state index in [2.05, 4.69) is 33.6 Å². The van der Waals surface area contributed by atoms with Gasteiger partial charge in [-0.1, -0.05) is 0 Å². The van der Waals surface area contributed by atoms with E-state index in [-0.39, 0.29) is 50.4 Å². The first-order valence-electron chi connectivity index (χ1n) is 10.8. The number of hydrogen-bond donors (Lipinski definition) is 10. The molecule has 0 bridgehead atoms. The minimum atomic E-state index is -1.39. The monoisotopic (exact) mass is 534 g/mol. The lowest BCUT2D eigenvalue weighted by Crippen LogP contribution is -2.57. The van der Waals surface area contributed by atoms with Crippen molar-refractivity contribution in [3.05, 3.63) is 0 Å². The second-order valence-corrected chi connectivity index (χ2v) is 8.06. The number of aliphatic imine (C=N–C) groups is 1. The van der Waals surface area contributed by atoms with E-state index in [1.165, 1.54) is 0 Å². The molecule has 0 aromatic rings. The molecule has 4 unspecified atom stereocenters. The van der Waals surface area contributed by atoms with E-state index in [9.17, 15) is 33.9 Å². The van der Waals surface area contributed by atoms with E-state index in [1.54, 1.807) is 0 Å². The molecule has 0 saturated heterocycles. The van der Waals surface area contributed by atoms with Gasteiger partial charge in [0.15, 0.2) is 5.96 Å². The van der Waals surface area contributed by atoms with Crippen LogP contribution < -0.4 is 38.9 Å². The lowest BCUT2D eigenvalue weighted by Gasteiger charge is -2.24. The van der Waals surface area contributed by atoms with Gasteiger partial charge in [-0.15, -0.1) is 0 Å². The smallest absolute Gasteiger partial charge is 0.326 e. The number of nitrogens with zero attached hydrogens (tertiary/aromatic N) is 1. The fourth-order valence-corrected chi connectivity index (χ4v) is 3.00. The summed E-state index contributed by atoms with van der Waals surface area (Å²) >= 11 is 4.00. The maximum Gasteiger partial charge on any atom is 0.326 e. The molecule has 0 radical (unpaired) electrons. The van der Waals surface area contributed by atoms with Gasteiger partial charge in [0.25, 0.3) is 0 Å². The molecule has 0 saturated carbocycles. The van der Waals surface area contributed by atoms with Crippen LogP contribution in [0.2, 0.25) is 0 Å². The van der Waals surface area contributed by atoms with E-state index in [1.807, 2.05) is 0 Å². The number of carboxylic acid groups (broad SMARTS) is 2. The third-order valence-electron chi connectivity index (χ3n) is 4.69. The third-order valence-corrected chi connectivity index (χ3v) is 5.06.